The third-order valence-corrected chi connectivity index (χ3v) is 3.35. The highest BCUT2D eigenvalue weighted by Gasteiger charge is 2.40. The van der Waals surface area contributed by atoms with E-state index in [-0.39, 0.29) is 18.8 Å². The van der Waals surface area contributed by atoms with Gasteiger partial charge in [-0.15, -0.1) is 0 Å². The van der Waals surface area contributed by atoms with Crippen molar-refractivity contribution in [2.45, 2.75) is 37.8 Å². The molecule has 0 aromatic rings. The molecule has 0 aromatic heterocycles. The van der Waals surface area contributed by atoms with Gasteiger partial charge in [-0.1, -0.05) is 0 Å². The Labute approximate surface area is 110 Å². The number of alkyl halides is 2. The Morgan fingerprint density at radius 2 is 2.11 bits per heavy atom. The largest absolute Gasteiger partial charge is 0.424 e. The highest BCUT2D eigenvalue weighted by atomic mass is 19.3. The zero-order valence-corrected chi connectivity index (χ0v) is 10.4. The number of rotatable bonds is 3. The van der Waals surface area contributed by atoms with Gasteiger partial charge in [0, 0.05) is 31.2 Å². The maximum atomic E-state index is 13.2. The lowest BCUT2D eigenvalue weighted by molar-refractivity contribution is -0.0957. The zero-order valence-electron chi connectivity index (χ0n) is 10.4. The van der Waals surface area contributed by atoms with Gasteiger partial charge >= 0.3 is 6.09 Å². The van der Waals surface area contributed by atoms with E-state index in [9.17, 15) is 13.6 Å². The van der Waals surface area contributed by atoms with Crippen molar-refractivity contribution >= 4 is 6.09 Å². The average Bonchev–Trinajstić information content (AvgIpc) is 2.37. The predicted molar refractivity (Wildman–Crippen MR) is 64.6 cm³/mol. The fraction of sp³-hybridized carbons (Fsp3) is 0.583. The van der Waals surface area contributed by atoms with E-state index < -0.39 is 18.2 Å². The Morgan fingerprint density at radius 1 is 1.42 bits per heavy atom. The van der Waals surface area contributed by atoms with E-state index in [1.807, 2.05) is 0 Å². The summed E-state index contributed by atoms with van der Waals surface area (Å²) in [5.74, 6) is -2.78. The van der Waals surface area contributed by atoms with Gasteiger partial charge in [0.05, 0.1) is 0 Å². The number of hydrogen-bond acceptors (Lipinski definition) is 4. The van der Waals surface area contributed by atoms with Gasteiger partial charge in [0.2, 0.25) is 5.92 Å². The van der Waals surface area contributed by atoms with Gasteiger partial charge in [-0.25, -0.2) is 13.6 Å². The number of hydrogen-bond donors (Lipinski definition) is 2. The van der Waals surface area contributed by atoms with Gasteiger partial charge in [-0.3, -0.25) is 5.01 Å². The van der Waals surface area contributed by atoms with Crippen LogP contribution < -0.4 is 11.2 Å². The van der Waals surface area contributed by atoms with Crippen LogP contribution in [0.5, 0.6) is 0 Å². The normalized spacial score (nSPS) is 23.8. The molecule has 1 unspecified atom stereocenters. The molecule has 1 aliphatic carbocycles. The second kappa shape index (κ2) is 5.46. The second-order valence-electron chi connectivity index (χ2n) is 4.76. The lowest BCUT2D eigenvalue weighted by Crippen LogP contribution is -2.49. The molecule has 19 heavy (non-hydrogen) atoms. The minimum Gasteiger partial charge on any atom is -0.424 e. The summed E-state index contributed by atoms with van der Waals surface area (Å²) in [6.07, 6.45) is 5.49. The SMILES string of the molecule is NC(=O)OC(C1CCC(F)(F)CC1)N1C=CC=CN1. The number of amides is 1. The third kappa shape index (κ3) is 3.59. The van der Waals surface area contributed by atoms with Crippen LogP contribution in [0.2, 0.25) is 0 Å². The van der Waals surface area contributed by atoms with Crippen LogP contribution in [0.15, 0.2) is 24.6 Å². The van der Waals surface area contributed by atoms with Crippen molar-refractivity contribution in [1.29, 1.82) is 0 Å². The molecule has 2 rings (SSSR count). The maximum absolute atomic E-state index is 13.2. The highest BCUT2D eigenvalue weighted by Crippen LogP contribution is 2.38. The molecule has 2 aliphatic rings. The van der Waals surface area contributed by atoms with Crippen molar-refractivity contribution in [3.05, 3.63) is 24.6 Å². The first-order valence-electron chi connectivity index (χ1n) is 6.20. The third-order valence-electron chi connectivity index (χ3n) is 3.35. The van der Waals surface area contributed by atoms with Crippen LogP contribution in [0.3, 0.4) is 0 Å². The number of nitrogens with zero attached hydrogens (tertiary/aromatic N) is 1. The Bertz CT molecular complexity index is 388. The molecule has 1 atom stereocenters. The smallest absolute Gasteiger partial charge is 0.406 e. The van der Waals surface area contributed by atoms with E-state index in [1.165, 1.54) is 0 Å². The van der Waals surface area contributed by atoms with E-state index in [4.69, 9.17) is 10.5 Å². The van der Waals surface area contributed by atoms with Crippen LogP contribution in [0.25, 0.3) is 0 Å². The first kappa shape index (κ1) is 13.6. The first-order chi connectivity index (χ1) is 8.98. The summed E-state index contributed by atoms with van der Waals surface area (Å²) in [6.45, 7) is 0. The fourth-order valence-corrected chi connectivity index (χ4v) is 2.38. The quantitative estimate of drug-likeness (QED) is 0.826. The summed E-state index contributed by atoms with van der Waals surface area (Å²) >= 11 is 0. The Morgan fingerprint density at radius 3 is 2.63 bits per heavy atom. The van der Waals surface area contributed by atoms with E-state index in [0.717, 1.165) is 0 Å². The Hall–Kier alpha value is -1.79. The summed E-state index contributed by atoms with van der Waals surface area (Å²) in [4.78, 5) is 11.0. The van der Waals surface area contributed by atoms with Crippen LogP contribution in [-0.4, -0.2) is 23.3 Å². The number of primary amides is 1. The topological polar surface area (TPSA) is 67.6 Å². The van der Waals surface area contributed by atoms with E-state index in [0.29, 0.717) is 12.8 Å². The van der Waals surface area contributed by atoms with Gasteiger partial charge in [0.15, 0.2) is 6.23 Å². The highest BCUT2D eigenvalue weighted by molar-refractivity contribution is 5.64. The van der Waals surface area contributed by atoms with Crippen molar-refractivity contribution in [3.8, 4) is 0 Å². The maximum Gasteiger partial charge on any atom is 0.406 e. The summed E-state index contributed by atoms with van der Waals surface area (Å²) in [5, 5.41) is 1.57. The van der Waals surface area contributed by atoms with Gasteiger partial charge in [-0.2, -0.15) is 0 Å². The first-order valence-corrected chi connectivity index (χ1v) is 6.20. The number of nitrogens with two attached hydrogens (primary N) is 1. The molecule has 0 aromatic carbocycles. The Balaban J connectivity index is 2.03. The molecule has 106 valence electrons. The lowest BCUT2D eigenvalue weighted by atomic mass is 9.85. The summed E-state index contributed by atoms with van der Waals surface area (Å²) < 4.78 is 31.4. The fourth-order valence-electron chi connectivity index (χ4n) is 2.38. The molecular formula is C12H17F2N3O2. The monoisotopic (exact) mass is 273 g/mol. The van der Waals surface area contributed by atoms with Crippen LogP contribution in [-0.2, 0) is 4.74 Å². The molecule has 0 bridgehead atoms. The van der Waals surface area contributed by atoms with Gasteiger partial charge in [-0.05, 0) is 25.0 Å². The molecule has 1 heterocycles. The van der Waals surface area contributed by atoms with Crippen molar-refractivity contribution in [2.24, 2.45) is 11.7 Å². The predicted octanol–water partition coefficient (Wildman–Crippen LogP) is 2.08. The van der Waals surface area contributed by atoms with Crippen LogP contribution in [0.1, 0.15) is 25.7 Å². The van der Waals surface area contributed by atoms with Crippen molar-refractivity contribution in [1.82, 2.24) is 10.4 Å². The molecule has 1 saturated carbocycles. The molecule has 1 aliphatic heterocycles. The van der Waals surface area contributed by atoms with Crippen LogP contribution >= 0.6 is 0 Å². The number of allylic oxidation sites excluding steroid dienone is 2. The van der Waals surface area contributed by atoms with E-state index >= 15 is 0 Å². The minimum atomic E-state index is -2.61. The van der Waals surface area contributed by atoms with Crippen LogP contribution in [0, 0.1) is 5.92 Å². The molecule has 7 heteroatoms. The van der Waals surface area contributed by atoms with E-state index in [2.05, 4.69) is 5.43 Å². The van der Waals surface area contributed by atoms with E-state index in [1.54, 1.807) is 29.6 Å². The van der Waals surface area contributed by atoms with Crippen LogP contribution in [0.4, 0.5) is 13.6 Å². The zero-order chi connectivity index (χ0) is 13.9. The van der Waals surface area contributed by atoms with Gasteiger partial charge in [0.1, 0.15) is 0 Å². The van der Waals surface area contributed by atoms with Crippen molar-refractivity contribution in [3.63, 3.8) is 0 Å². The molecule has 3 N–H and O–H groups in total. The van der Waals surface area contributed by atoms with Gasteiger partial charge < -0.3 is 15.9 Å². The molecular weight excluding hydrogens is 256 g/mol. The molecule has 0 spiro atoms. The summed E-state index contributed by atoms with van der Waals surface area (Å²) in [7, 11) is 0. The number of nitrogens with one attached hydrogen (secondary N) is 1. The molecule has 0 saturated heterocycles. The standard InChI is InChI=1S/C12H17F2N3O2/c13-12(14)5-3-9(4-6-12)10(19-11(15)18)17-8-2-1-7-16-17/h1-2,7-10,16H,3-6H2,(H2,15,18). The van der Waals surface area contributed by atoms with Gasteiger partial charge in [0.25, 0.3) is 0 Å². The lowest BCUT2D eigenvalue weighted by Gasteiger charge is -2.38. The summed E-state index contributed by atoms with van der Waals surface area (Å²) in [6, 6.07) is 0. The number of halogens is 2. The van der Waals surface area contributed by atoms with Crippen molar-refractivity contribution in [2.75, 3.05) is 0 Å². The molecule has 0 radical (unpaired) electrons. The number of ether oxygens (including phenoxy) is 1. The molecule has 5 nitrogen and oxygen atoms in total. The Kier molecular flexibility index (Phi) is 3.92. The average molecular weight is 273 g/mol. The van der Waals surface area contributed by atoms with Crippen molar-refractivity contribution < 1.29 is 18.3 Å². The number of hydrazine groups is 1. The molecule has 1 amide bonds. The second-order valence-corrected chi connectivity index (χ2v) is 4.76. The minimum absolute atomic E-state index is 0.171. The number of carbonyl (C=O) groups excluding carboxylic acids is 1. The summed E-state index contributed by atoms with van der Waals surface area (Å²) in [5.41, 5.74) is 7.94. The number of carbonyl (C=O) groups is 1. The molecule has 1 fully saturated rings.